The molecule has 0 N–H and O–H groups in total. The highest BCUT2D eigenvalue weighted by Crippen LogP contribution is 2.14. The molecule has 6 nitrogen and oxygen atoms in total. The number of nitrogens with zero attached hydrogens (tertiary/aromatic N) is 3. The first-order valence-electron chi connectivity index (χ1n) is 7.88. The minimum Gasteiger partial charge on any atom is -0.456 e. The number of hydrogen-bond donors (Lipinski definition) is 0. The number of carbonyl (C=O) groups excluding carboxylic acids is 1. The number of unbranched alkanes of at least 4 members (excludes halogenated alkanes) is 1. The molecule has 0 bridgehead atoms. The highest BCUT2D eigenvalue weighted by Gasteiger charge is 2.12. The van der Waals surface area contributed by atoms with Gasteiger partial charge in [-0.15, -0.1) is 0 Å². The molecule has 0 spiro atoms. The molecule has 0 aliphatic carbocycles. The van der Waals surface area contributed by atoms with Gasteiger partial charge in [-0.05, 0) is 30.7 Å². The van der Waals surface area contributed by atoms with Crippen LogP contribution in [0.2, 0.25) is 0 Å². The number of ether oxygens (including phenoxy) is 1. The molecule has 3 aromatic rings. The minimum atomic E-state index is -0.602. The van der Waals surface area contributed by atoms with Crippen LogP contribution in [0.15, 0.2) is 35.1 Å². The predicted molar refractivity (Wildman–Crippen MR) is 91.3 cm³/mol. The van der Waals surface area contributed by atoms with Crippen molar-refractivity contribution in [2.45, 2.75) is 32.8 Å². The fourth-order valence-corrected chi connectivity index (χ4v) is 3.17. The summed E-state index contributed by atoms with van der Waals surface area (Å²) >= 11 is 1.36. The Hall–Kier alpha value is -2.61. The SMILES string of the molecule is CCCCc1nn2c(=O)cc(COC(=O)c3ccc(F)cc3)nc2s1. The van der Waals surface area contributed by atoms with Crippen LogP contribution in [0.4, 0.5) is 4.39 Å². The zero-order chi connectivity index (χ0) is 17.8. The second-order valence-corrected chi connectivity index (χ2v) is 6.50. The summed E-state index contributed by atoms with van der Waals surface area (Å²) in [6.45, 7) is 1.95. The maximum atomic E-state index is 12.9. The van der Waals surface area contributed by atoms with Crippen molar-refractivity contribution in [3.8, 4) is 0 Å². The Balaban J connectivity index is 1.74. The third kappa shape index (κ3) is 4.08. The molecule has 0 unspecified atom stereocenters. The molecule has 0 aliphatic heterocycles. The molecular formula is C17H16FN3O3S. The first-order chi connectivity index (χ1) is 12.1. The Bertz CT molecular complexity index is 950. The lowest BCUT2D eigenvalue weighted by Crippen LogP contribution is -2.16. The van der Waals surface area contributed by atoms with Crippen molar-refractivity contribution in [2.75, 3.05) is 0 Å². The van der Waals surface area contributed by atoms with E-state index in [2.05, 4.69) is 17.0 Å². The van der Waals surface area contributed by atoms with Crippen LogP contribution in [0, 0.1) is 5.82 Å². The maximum absolute atomic E-state index is 12.9. The molecule has 0 aliphatic rings. The van der Waals surface area contributed by atoms with Gasteiger partial charge in [0.1, 0.15) is 17.4 Å². The Labute approximate surface area is 146 Å². The lowest BCUT2D eigenvalue weighted by molar-refractivity contribution is 0.0467. The molecule has 8 heteroatoms. The third-order valence-electron chi connectivity index (χ3n) is 3.52. The van der Waals surface area contributed by atoms with Gasteiger partial charge in [-0.1, -0.05) is 24.7 Å². The van der Waals surface area contributed by atoms with Gasteiger partial charge >= 0.3 is 5.97 Å². The minimum absolute atomic E-state index is 0.135. The van der Waals surface area contributed by atoms with Crippen molar-refractivity contribution < 1.29 is 13.9 Å². The lowest BCUT2D eigenvalue weighted by atomic mass is 10.2. The number of esters is 1. The number of fused-ring (bicyclic) bond motifs is 1. The van der Waals surface area contributed by atoms with E-state index in [1.807, 2.05) is 0 Å². The second kappa shape index (κ2) is 7.52. The van der Waals surface area contributed by atoms with E-state index in [-0.39, 0.29) is 17.7 Å². The smallest absolute Gasteiger partial charge is 0.338 e. The molecule has 0 fully saturated rings. The van der Waals surface area contributed by atoms with Crippen LogP contribution in [0.5, 0.6) is 0 Å². The van der Waals surface area contributed by atoms with Crippen molar-refractivity contribution >= 4 is 22.3 Å². The van der Waals surface area contributed by atoms with Gasteiger partial charge < -0.3 is 4.74 Å². The second-order valence-electron chi connectivity index (χ2n) is 5.46. The van der Waals surface area contributed by atoms with Crippen molar-refractivity contribution in [2.24, 2.45) is 0 Å². The Morgan fingerprint density at radius 1 is 1.32 bits per heavy atom. The summed E-state index contributed by atoms with van der Waals surface area (Å²) in [5.74, 6) is -1.03. The number of aryl methyl sites for hydroxylation is 1. The van der Waals surface area contributed by atoms with E-state index in [0.717, 1.165) is 24.3 Å². The van der Waals surface area contributed by atoms with Crippen molar-refractivity contribution in [3.05, 3.63) is 62.8 Å². The van der Waals surface area contributed by atoms with Gasteiger partial charge in [0.15, 0.2) is 0 Å². The van der Waals surface area contributed by atoms with Crippen LogP contribution in [0.25, 0.3) is 4.96 Å². The summed E-state index contributed by atoms with van der Waals surface area (Å²) in [4.78, 5) is 28.9. The lowest BCUT2D eigenvalue weighted by Gasteiger charge is -2.04. The van der Waals surface area contributed by atoms with Gasteiger partial charge in [-0.3, -0.25) is 4.79 Å². The molecule has 2 aromatic heterocycles. The summed E-state index contributed by atoms with van der Waals surface area (Å²) < 4.78 is 19.3. The largest absolute Gasteiger partial charge is 0.456 e. The first kappa shape index (κ1) is 17.2. The number of rotatable bonds is 6. The summed E-state index contributed by atoms with van der Waals surface area (Å²) in [6.07, 6.45) is 2.85. The Kier molecular flexibility index (Phi) is 5.18. The fraction of sp³-hybridized carbons (Fsp3) is 0.294. The normalized spacial score (nSPS) is 11.0. The van der Waals surface area contributed by atoms with Gasteiger partial charge in [0.2, 0.25) is 4.96 Å². The van der Waals surface area contributed by atoms with E-state index in [4.69, 9.17) is 4.74 Å². The van der Waals surface area contributed by atoms with E-state index in [9.17, 15) is 14.0 Å². The fourth-order valence-electron chi connectivity index (χ4n) is 2.21. The van der Waals surface area contributed by atoms with Gasteiger partial charge in [-0.25, -0.2) is 14.2 Å². The van der Waals surface area contributed by atoms with E-state index >= 15 is 0 Å². The van der Waals surface area contributed by atoms with Crippen LogP contribution >= 0.6 is 11.3 Å². The molecule has 1 aromatic carbocycles. The van der Waals surface area contributed by atoms with Crippen LogP contribution in [0.1, 0.15) is 40.8 Å². The number of carbonyl (C=O) groups is 1. The first-order valence-corrected chi connectivity index (χ1v) is 8.70. The molecule has 0 amide bonds. The molecule has 0 saturated heterocycles. The van der Waals surface area contributed by atoms with Gasteiger partial charge in [0.05, 0.1) is 11.3 Å². The van der Waals surface area contributed by atoms with Crippen LogP contribution in [-0.2, 0) is 17.8 Å². The Morgan fingerprint density at radius 3 is 2.80 bits per heavy atom. The van der Waals surface area contributed by atoms with E-state index in [1.54, 1.807) is 0 Å². The standard InChI is InChI=1S/C17H16FN3O3S/c1-2-3-4-14-20-21-15(22)9-13(19-17(21)25-14)10-24-16(23)11-5-7-12(18)8-6-11/h5-9H,2-4,10H2,1H3. The molecule has 0 radical (unpaired) electrons. The molecule has 130 valence electrons. The highest BCUT2D eigenvalue weighted by molar-refractivity contribution is 7.16. The van der Waals surface area contributed by atoms with Gasteiger partial charge in [-0.2, -0.15) is 9.61 Å². The Morgan fingerprint density at radius 2 is 2.08 bits per heavy atom. The zero-order valence-electron chi connectivity index (χ0n) is 13.6. The monoisotopic (exact) mass is 361 g/mol. The van der Waals surface area contributed by atoms with Gasteiger partial charge in [0, 0.05) is 12.5 Å². The zero-order valence-corrected chi connectivity index (χ0v) is 14.4. The predicted octanol–water partition coefficient (Wildman–Crippen LogP) is 2.99. The molecule has 2 heterocycles. The number of aromatic nitrogens is 3. The summed E-state index contributed by atoms with van der Waals surface area (Å²) in [7, 11) is 0. The van der Waals surface area contributed by atoms with E-state index in [1.165, 1.54) is 46.2 Å². The van der Waals surface area contributed by atoms with Gasteiger partial charge in [0.25, 0.3) is 5.56 Å². The summed E-state index contributed by atoms with van der Waals surface area (Å²) in [5, 5.41) is 5.11. The van der Waals surface area contributed by atoms with Crippen LogP contribution in [0.3, 0.4) is 0 Å². The van der Waals surface area contributed by atoms with Crippen molar-refractivity contribution in [1.29, 1.82) is 0 Å². The van der Waals surface area contributed by atoms with Crippen LogP contribution in [-0.4, -0.2) is 20.6 Å². The number of halogens is 1. The molecule has 0 saturated carbocycles. The van der Waals surface area contributed by atoms with E-state index < -0.39 is 11.8 Å². The summed E-state index contributed by atoms with van der Waals surface area (Å²) in [6, 6.07) is 6.35. The topological polar surface area (TPSA) is 73.6 Å². The third-order valence-corrected chi connectivity index (χ3v) is 4.48. The van der Waals surface area contributed by atoms with E-state index in [0.29, 0.717) is 10.7 Å². The maximum Gasteiger partial charge on any atom is 0.338 e. The number of benzene rings is 1. The molecule has 0 atom stereocenters. The van der Waals surface area contributed by atoms with Crippen molar-refractivity contribution in [3.63, 3.8) is 0 Å². The highest BCUT2D eigenvalue weighted by atomic mass is 32.1. The molecule has 3 rings (SSSR count). The average Bonchev–Trinajstić information content (AvgIpc) is 3.02. The quantitative estimate of drug-likeness (QED) is 0.631. The average molecular weight is 361 g/mol. The molecular weight excluding hydrogens is 345 g/mol. The van der Waals surface area contributed by atoms with Crippen LogP contribution < -0.4 is 5.56 Å². The number of hydrogen-bond acceptors (Lipinski definition) is 6. The van der Waals surface area contributed by atoms with Crippen molar-refractivity contribution in [1.82, 2.24) is 14.6 Å². The summed E-state index contributed by atoms with van der Waals surface area (Å²) in [5.41, 5.74) is 0.279. The molecule has 25 heavy (non-hydrogen) atoms.